The molecule has 96 valence electrons. The van der Waals surface area contributed by atoms with Gasteiger partial charge in [-0.1, -0.05) is 13.8 Å². The van der Waals surface area contributed by atoms with Crippen LogP contribution in [-0.4, -0.2) is 50.3 Å². The van der Waals surface area contributed by atoms with Crippen LogP contribution in [-0.2, 0) is 4.74 Å². The molecule has 0 aromatic carbocycles. The zero-order valence-electron chi connectivity index (χ0n) is 11.3. The first-order valence-corrected chi connectivity index (χ1v) is 6.64. The molecule has 1 aliphatic rings. The van der Waals surface area contributed by atoms with Gasteiger partial charge in [0.25, 0.3) is 0 Å². The number of rotatable bonds is 4. The number of nitrogens with zero attached hydrogens (tertiary/aromatic N) is 1. The summed E-state index contributed by atoms with van der Waals surface area (Å²) in [5.41, 5.74) is 0. The molecular weight excluding hydrogens is 200 g/mol. The number of methoxy groups -OCH3 is 1. The number of hydrogen-bond donors (Lipinski definition) is 1. The van der Waals surface area contributed by atoms with Gasteiger partial charge >= 0.3 is 0 Å². The topological polar surface area (TPSA) is 24.5 Å². The first-order valence-electron chi connectivity index (χ1n) is 6.64. The fraction of sp³-hybridized carbons (Fsp3) is 1.00. The minimum atomic E-state index is 0.347. The van der Waals surface area contributed by atoms with Gasteiger partial charge in [-0.3, -0.25) is 0 Å². The highest BCUT2D eigenvalue weighted by molar-refractivity contribution is 4.76. The van der Waals surface area contributed by atoms with Crippen LogP contribution < -0.4 is 5.32 Å². The predicted molar refractivity (Wildman–Crippen MR) is 68.8 cm³/mol. The molecule has 3 heteroatoms. The Morgan fingerprint density at radius 1 is 1.50 bits per heavy atom. The molecule has 0 saturated carbocycles. The van der Waals surface area contributed by atoms with E-state index in [1.165, 1.54) is 25.9 Å². The Morgan fingerprint density at radius 2 is 2.25 bits per heavy atom. The quantitative estimate of drug-likeness (QED) is 0.793. The summed E-state index contributed by atoms with van der Waals surface area (Å²) in [7, 11) is 1.80. The van der Waals surface area contributed by atoms with Crippen LogP contribution in [0.15, 0.2) is 0 Å². The summed E-state index contributed by atoms with van der Waals surface area (Å²) in [6.45, 7) is 11.4. The SMILES string of the molecule is CCC1CCN(CC(C)OC)CC(C)CN1. The van der Waals surface area contributed by atoms with Gasteiger partial charge in [-0.05, 0) is 38.8 Å². The Hall–Kier alpha value is -0.120. The lowest BCUT2D eigenvalue weighted by molar-refractivity contribution is 0.0665. The van der Waals surface area contributed by atoms with E-state index in [0.717, 1.165) is 19.0 Å². The average molecular weight is 228 g/mol. The fourth-order valence-corrected chi connectivity index (χ4v) is 2.36. The summed E-state index contributed by atoms with van der Waals surface area (Å²) in [6.07, 6.45) is 2.85. The Kier molecular flexibility index (Phi) is 6.32. The van der Waals surface area contributed by atoms with Gasteiger partial charge in [0.15, 0.2) is 0 Å². The normalized spacial score (nSPS) is 30.8. The van der Waals surface area contributed by atoms with Crippen molar-refractivity contribution in [2.24, 2.45) is 5.92 Å². The van der Waals surface area contributed by atoms with Crippen LogP contribution in [0.3, 0.4) is 0 Å². The second kappa shape index (κ2) is 7.25. The smallest absolute Gasteiger partial charge is 0.0670 e. The molecule has 0 radical (unpaired) electrons. The van der Waals surface area contributed by atoms with Crippen molar-refractivity contribution in [2.45, 2.75) is 45.8 Å². The van der Waals surface area contributed by atoms with Gasteiger partial charge in [-0.25, -0.2) is 0 Å². The molecule has 1 rings (SSSR count). The van der Waals surface area contributed by atoms with E-state index in [1.54, 1.807) is 7.11 Å². The van der Waals surface area contributed by atoms with Crippen molar-refractivity contribution >= 4 is 0 Å². The molecule has 0 spiro atoms. The van der Waals surface area contributed by atoms with Gasteiger partial charge in [-0.2, -0.15) is 0 Å². The summed E-state index contributed by atoms with van der Waals surface area (Å²) < 4.78 is 5.36. The summed E-state index contributed by atoms with van der Waals surface area (Å²) in [4.78, 5) is 2.56. The Balaban J connectivity index is 2.43. The van der Waals surface area contributed by atoms with Crippen LogP contribution in [0.4, 0.5) is 0 Å². The molecule has 3 unspecified atom stereocenters. The summed E-state index contributed by atoms with van der Waals surface area (Å²) >= 11 is 0. The van der Waals surface area contributed by atoms with Crippen molar-refractivity contribution in [3.63, 3.8) is 0 Å². The van der Waals surface area contributed by atoms with E-state index in [4.69, 9.17) is 4.74 Å². The maximum Gasteiger partial charge on any atom is 0.0670 e. The molecule has 0 aromatic rings. The molecule has 16 heavy (non-hydrogen) atoms. The van der Waals surface area contributed by atoms with Crippen molar-refractivity contribution in [1.82, 2.24) is 10.2 Å². The van der Waals surface area contributed by atoms with Crippen molar-refractivity contribution in [2.75, 3.05) is 33.3 Å². The van der Waals surface area contributed by atoms with E-state index in [2.05, 4.69) is 31.0 Å². The first kappa shape index (κ1) is 13.9. The lowest BCUT2D eigenvalue weighted by Gasteiger charge is -2.33. The lowest BCUT2D eigenvalue weighted by atomic mass is 10.0. The van der Waals surface area contributed by atoms with Crippen molar-refractivity contribution in [3.8, 4) is 0 Å². The highest BCUT2D eigenvalue weighted by Crippen LogP contribution is 2.10. The zero-order chi connectivity index (χ0) is 12.0. The summed E-state index contributed by atoms with van der Waals surface area (Å²) in [6, 6.07) is 0.697. The van der Waals surface area contributed by atoms with Gasteiger partial charge in [0.1, 0.15) is 0 Å². The molecule has 0 amide bonds. The van der Waals surface area contributed by atoms with E-state index in [-0.39, 0.29) is 0 Å². The van der Waals surface area contributed by atoms with Crippen molar-refractivity contribution in [1.29, 1.82) is 0 Å². The van der Waals surface area contributed by atoms with E-state index in [1.807, 2.05) is 0 Å². The fourth-order valence-electron chi connectivity index (χ4n) is 2.36. The molecule has 1 heterocycles. The van der Waals surface area contributed by atoms with Crippen LogP contribution >= 0.6 is 0 Å². The van der Waals surface area contributed by atoms with Gasteiger partial charge in [0, 0.05) is 26.2 Å². The third-order valence-corrected chi connectivity index (χ3v) is 3.53. The maximum absolute atomic E-state index is 5.36. The van der Waals surface area contributed by atoms with E-state index in [9.17, 15) is 0 Å². The third-order valence-electron chi connectivity index (χ3n) is 3.53. The highest BCUT2D eigenvalue weighted by atomic mass is 16.5. The minimum absolute atomic E-state index is 0.347. The molecule has 1 fully saturated rings. The molecule has 0 aliphatic carbocycles. The Morgan fingerprint density at radius 3 is 2.88 bits per heavy atom. The van der Waals surface area contributed by atoms with Crippen LogP contribution in [0.25, 0.3) is 0 Å². The van der Waals surface area contributed by atoms with Crippen molar-refractivity contribution < 1.29 is 4.74 Å². The zero-order valence-corrected chi connectivity index (χ0v) is 11.3. The average Bonchev–Trinajstić information content (AvgIpc) is 2.26. The predicted octanol–water partition coefficient (Wildman–Crippen LogP) is 1.73. The van der Waals surface area contributed by atoms with Crippen LogP contribution in [0, 0.1) is 5.92 Å². The van der Waals surface area contributed by atoms with E-state index >= 15 is 0 Å². The van der Waals surface area contributed by atoms with Gasteiger partial charge in [0.2, 0.25) is 0 Å². The van der Waals surface area contributed by atoms with E-state index < -0.39 is 0 Å². The monoisotopic (exact) mass is 228 g/mol. The largest absolute Gasteiger partial charge is 0.380 e. The Bertz CT molecular complexity index is 185. The molecule has 3 atom stereocenters. The molecule has 1 N–H and O–H groups in total. The number of hydrogen-bond acceptors (Lipinski definition) is 3. The van der Waals surface area contributed by atoms with Crippen LogP contribution in [0.5, 0.6) is 0 Å². The standard InChI is InChI=1S/C13H28N2O/c1-5-13-6-7-15(10-12(3)16-4)9-11(2)8-14-13/h11-14H,5-10H2,1-4H3. The minimum Gasteiger partial charge on any atom is -0.380 e. The summed E-state index contributed by atoms with van der Waals surface area (Å²) in [5, 5.41) is 3.65. The molecule has 0 bridgehead atoms. The molecule has 1 aliphatic heterocycles. The van der Waals surface area contributed by atoms with E-state index in [0.29, 0.717) is 12.1 Å². The number of nitrogens with one attached hydrogen (secondary N) is 1. The van der Waals surface area contributed by atoms with Crippen LogP contribution in [0.2, 0.25) is 0 Å². The van der Waals surface area contributed by atoms with Gasteiger partial charge in [0.05, 0.1) is 6.10 Å². The molecular formula is C13H28N2O. The molecule has 1 saturated heterocycles. The lowest BCUT2D eigenvalue weighted by Crippen LogP contribution is -2.45. The third kappa shape index (κ3) is 4.81. The first-order chi connectivity index (χ1) is 7.65. The second-order valence-electron chi connectivity index (χ2n) is 5.21. The molecule has 0 aromatic heterocycles. The van der Waals surface area contributed by atoms with Crippen LogP contribution in [0.1, 0.15) is 33.6 Å². The summed E-state index contributed by atoms with van der Waals surface area (Å²) in [5.74, 6) is 0.735. The Labute approximate surface area is 101 Å². The maximum atomic E-state index is 5.36. The second-order valence-corrected chi connectivity index (χ2v) is 5.21. The van der Waals surface area contributed by atoms with Gasteiger partial charge in [-0.15, -0.1) is 0 Å². The molecule has 3 nitrogen and oxygen atoms in total. The van der Waals surface area contributed by atoms with Crippen molar-refractivity contribution in [3.05, 3.63) is 0 Å². The number of ether oxygens (including phenoxy) is 1. The highest BCUT2D eigenvalue weighted by Gasteiger charge is 2.18. The van der Waals surface area contributed by atoms with Gasteiger partial charge < -0.3 is 15.0 Å².